The van der Waals surface area contributed by atoms with Crippen LogP contribution >= 0.6 is 0 Å². The van der Waals surface area contributed by atoms with E-state index in [2.05, 4.69) is 11.8 Å². The van der Waals surface area contributed by atoms with Crippen molar-refractivity contribution < 1.29 is 19.4 Å². The zero-order valence-electron chi connectivity index (χ0n) is 10.4. The van der Waals surface area contributed by atoms with Gasteiger partial charge in [-0.1, -0.05) is 13.0 Å². The molecule has 1 heterocycles. The molecular formula is C13H17NO4. The normalized spacial score (nSPS) is 13.7. The van der Waals surface area contributed by atoms with Gasteiger partial charge in [0.25, 0.3) is 0 Å². The molecule has 0 unspecified atom stereocenters. The van der Waals surface area contributed by atoms with E-state index in [0.29, 0.717) is 18.1 Å². The Morgan fingerprint density at radius 2 is 2.39 bits per heavy atom. The number of rotatable bonds is 5. The summed E-state index contributed by atoms with van der Waals surface area (Å²) < 4.78 is 10.8. The first-order chi connectivity index (χ1) is 8.72. The quantitative estimate of drug-likeness (QED) is 0.864. The van der Waals surface area contributed by atoms with Gasteiger partial charge in [0.05, 0.1) is 12.2 Å². The van der Waals surface area contributed by atoms with Crippen molar-refractivity contribution >= 4 is 11.7 Å². The largest absolute Gasteiger partial charge is 0.486 e. The van der Waals surface area contributed by atoms with Crippen LogP contribution in [0, 0.1) is 0 Å². The Morgan fingerprint density at radius 3 is 3.11 bits per heavy atom. The number of benzene rings is 1. The highest BCUT2D eigenvalue weighted by molar-refractivity contribution is 5.70. The van der Waals surface area contributed by atoms with Crippen LogP contribution in [-0.2, 0) is 4.79 Å². The monoisotopic (exact) mass is 251 g/mol. The van der Waals surface area contributed by atoms with E-state index in [9.17, 15) is 4.79 Å². The lowest BCUT2D eigenvalue weighted by molar-refractivity contribution is -0.139. The Balaban J connectivity index is 2.22. The molecule has 0 fully saturated rings. The number of para-hydroxylation sites is 1. The molecule has 5 nitrogen and oxygen atoms in total. The van der Waals surface area contributed by atoms with Crippen molar-refractivity contribution in [3.63, 3.8) is 0 Å². The van der Waals surface area contributed by atoms with Gasteiger partial charge in [0.1, 0.15) is 6.61 Å². The molecule has 0 atom stereocenters. The van der Waals surface area contributed by atoms with Gasteiger partial charge >= 0.3 is 5.97 Å². The standard InChI is InChI=1S/C13H17NO4/c1-2-6-14-7-8-17-13-10(14)4-3-5-11(13)18-9-12(15)16/h3-5H,2,6-9H2,1H3,(H,15,16). The molecule has 0 spiro atoms. The molecule has 98 valence electrons. The van der Waals surface area contributed by atoms with Crippen molar-refractivity contribution in [1.29, 1.82) is 0 Å². The number of carboxylic acids is 1. The van der Waals surface area contributed by atoms with Crippen molar-refractivity contribution in [2.75, 3.05) is 31.2 Å². The smallest absolute Gasteiger partial charge is 0.341 e. The van der Waals surface area contributed by atoms with Crippen LogP contribution in [0.2, 0.25) is 0 Å². The van der Waals surface area contributed by atoms with E-state index in [4.69, 9.17) is 14.6 Å². The lowest BCUT2D eigenvalue weighted by Gasteiger charge is -2.31. The van der Waals surface area contributed by atoms with Crippen LogP contribution in [0.25, 0.3) is 0 Å². The summed E-state index contributed by atoms with van der Waals surface area (Å²) >= 11 is 0. The topological polar surface area (TPSA) is 59.0 Å². The zero-order chi connectivity index (χ0) is 13.0. The van der Waals surface area contributed by atoms with Crippen molar-refractivity contribution in [1.82, 2.24) is 0 Å². The number of hydrogen-bond acceptors (Lipinski definition) is 4. The third kappa shape index (κ3) is 2.67. The van der Waals surface area contributed by atoms with Crippen LogP contribution in [0.3, 0.4) is 0 Å². The fourth-order valence-electron chi connectivity index (χ4n) is 2.03. The highest BCUT2D eigenvalue weighted by Gasteiger charge is 2.21. The Hall–Kier alpha value is -1.91. The van der Waals surface area contributed by atoms with Crippen molar-refractivity contribution in [2.45, 2.75) is 13.3 Å². The summed E-state index contributed by atoms with van der Waals surface area (Å²) in [6.07, 6.45) is 1.06. The average Bonchev–Trinajstić information content (AvgIpc) is 2.37. The summed E-state index contributed by atoms with van der Waals surface area (Å²) in [6, 6.07) is 5.56. The summed E-state index contributed by atoms with van der Waals surface area (Å²) in [5, 5.41) is 8.64. The van der Waals surface area contributed by atoms with Gasteiger partial charge in [-0.2, -0.15) is 0 Å². The third-order valence-corrected chi connectivity index (χ3v) is 2.75. The molecule has 0 bridgehead atoms. The van der Waals surface area contributed by atoms with Gasteiger partial charge in [0, 0.05) is 6.54 Å². The molecule has 0 amide bonds. The maximum Gasteiger partial charge on any atom is 0.341 e. The molecule has 5 heteroatoms. The number of carboxylic acid groups (broad SMARTS) is 1. The van der Waals surface area contributed by atoms with Gasteiger partial charge in [0.15, 0.2) is 18.1 Å². The molecule has 2 rings (SSSR count). The van der Waals surface area contributed by atoms with Gasteiger partial charge in [-0.05, 0) is 18.6 Å². The van der Waals surface area contributed by atoms with Gasteiger partial charge < -0.3 is 19.5 Å². The lowest BCUT2D eigenvalue weighted by atomic mass is 10.2. The fraction of sp³-hybridized carbons (Fsp3) is 0.462. The van der Waals surface area contributed by atoms with E-state index in [1.54, 1.807) is 6.07 Å². The highest BCUT2D eigenvalue weighted by Crippen LogP contribution is 2.39. The first-order valence-corrected chi connectivity index (χ1v) is 6.07. The van der Waals surface area contributed by atoms with Crippen LogP contribution in [0.5, 0.6) is 11.5 Å². The SMILES string of the molecule is CCCN1CCOc2c(OCC(=O)O)cccc21. The molecule has 0 saturated carbocycles. The Kier molecular flexibility index (Phi) is 3.92. The summed E-state index contributed by atoms with van der Waals surface area (Å²) in [5.41, 5.74) is 0.978. The number of aliphatic carboxylic acids is 1. The minimum absolute atomic E-state index is 0.354. The average molecular weight is 251 g/mol. The molecule has 1 aliphatic rings. The van der Waals surface area contributed by atoms with Crippen LogP contribution in [-0.4, -0.2) is 37.4 Å². The fourth-order valence-corrected chi connectivity index (χ4v) is 2.03. The maximum absolute atomic E-state index is 10.5. The van der Waals surface area contributed by atoms with E-state index in [0.717, 1.165) is 25.2 Å². The van der Waals surface area contributed by atoms with Crippen molar-refractivity contribution in [3.8, 4) is 11.5 Å². The Bertz CT molecular complexity index is 433. The maximum atomic E-state index is 10.5. The first-order valence-electron chi connectivity index (χ1n) is 6.07. The van der Waals surface area contributed by atoms with Crippen LogP contribution in [0.4, 0.5) is 5.69 Å². The van der Waals surface area contributed by atoms with Gasteiger partial charge in [0.2, 0.25) is 0 Å². The zero-order valence-corrected chi connectivity index (χ0v) is 10.4. The minimum Gasteiger partial charge on any atom is -0.486 e. The highest BCUT2D eigenvalue weighted by atomic mass is 16.5. The molecule has 0 aliphatic carbocycles. The lowest BCUT2D eigenvalue weighted by Crippen LogP contribution is -2.33. The Labute approximate surface area is 106 Å². The van der Waals surface area contributed by atoms with Crippen LogP contribution in [0.1, 0.15) is 13.3 Å². The minimum atomic E-state index is -0.992. The van der Waals surface area contributed by atoms with Crippen molar-refractivity contribution in [3.05, 3.63) is 18.2 Å². The second kappa shape index (κ2) is 5.62. The molecule has 0 radical (unpaired) electrons. The number of ether oxygens (including phenoxy) is 2. The van der Waals surface area contributed by atoms with Gasteiger partial charge in [-0.25, -0.2) is 4.79 Å². The summed E-state index contributed by atoms with van der Waals surface area (Å²) in [5.74, 6) is 0.156. The second-order valence-corrected chi connectivity index (χ2v) is 4.12. The molecule has 0 aromatic heterocycles. The summed E-state index contributed by atoms with van der Waals surface area (Å²) in [4.78, 5) is 12.8. The predicted octanol–water partition coefficient (Wildman–Crippen LogP) is 1.76. The summed E-state index contributed by atoms with van der Waals surface area (Å²) in [6.45, 7) is 4.18. The predicted molar refractivity (Wildman–Crippen MR) is 67.6 cm³/mol. The molecule has 1 aromatic carbocycles. The second-order valence-electron chi connectivity index (χ2n) is 4.12. The molecule has 1 N–H and O–H groups in total. The number of hydrogen-bond donors (Lipinski definition) is 1. The molecule has 18 heavy (non-hydrogen) atoms. The first kappa shape index (κ1) is 12.5. The Morgan fingerprint density at radius 1 is 1.56 bits per heavy atom. The number of anilines is 1. The number of nitrogens with zero attached hydrogens (tertiary/aromatic N) is 1. The van der Waals surface area contributed by atoms with E-state index in [1.807, 2.05) is 12.1 Å². The van der Waals surface area contributed by atoms with Crippen LogP contribution in [0.15, 0.2) is 18.2 Å². The van der Waals surface area contributed by atoms with Gasteiger partial charge in [-0.15, -0.1) is 0 Å². The molecule has 0 saturated heterocycles. The summed E-state index contributed by atoms with van der Waals surface area (Å²) in [7, 11) is 0. The van der Waals surface area contributed by atoms with Crippen LogP contribution < -0.4 is 14.4 Å². The van der Waals surface area contributed by atoms with E-state index >= 15 is 0 Å². The van der Waals surface area contributed by atoms with E-state index < -0.39 is 5.97 Å². The number of carbonyl (C=O) groups is 1. The number of fused-ring (bicyclic) bond motifs is 1. The van der Waals surface area contributed by atoms with Crippen molar-refractivity contribution in [2.24, 2.45) is 0 Å². The molecular weight excluding hydrogens is 234 g/mol. The molecule has 1 aromatic rings. The third-order valence-electron chi connectivity index (χ3n) is 2.75. The van der Waals surface area contributed by atoms with E-state index in [1.165, 1.54) is 0 Å². The van der Waals surface area contributed by atoms with E-state index in [-0.39, 0.29) is 6.61 Å². The van der Waals surface area contributed by atoms with Gasteiger partial charge in [-0.3, -0.25) is 0 Å². The molecule has 1 aliphatic heterocycles.